The number of aryl methyl sites for hydroxylation is 1. The van der Waals surface area contributed by atoms with Gasteiger partial charge in [-0.1, -0.05) is 23.8 Å². The Hall–Kier alpha value is -2.98. The first-order valence-corrected chi connectivity index (χ1v) is 7.97. The first-order chi connectivity index (χ1) is 11.2. The standard InChI is InChI=1S/C7H9N5O.C7H8O3S/c8-7(9)12(13)11-5-6-2-1-3-10-4-6;1-6-2-4-7(5-3-6)11(8,9)10/h1-5H,8-9H2;2-5H,1H3,(H,8,9,10)/b11-5+;. The van der Waals surface area contributed by atoms with E-state index in [2.05, 4.69) is 10.1 Å². The highest BCUT2D eigenvalue weighted by atomic mass is 32.2. The van der Waals surface area contributed by atoms with Crippen molar-refractivity contribution in [1.82, 2.24) is 4.98 Å². The molecule has 0 aliphatic heterocycles. The van der Waals surface area contributed by atoms with Crippen LogP contribution in [0.4, 0.5) is 0 Å². The zero-order valence-electron chi connectivity index (χ0n) is 12.8. The predicted octanol–water partition coefficient (Wildman–Crippen LogP) is 0.441. The Kier molecular flexibility index (Phi) is 6.83. The Morgan fingerprint density at radius 1 is 1.29 bits per heavy atom. The lowest BCUT2D eigenvalue weighted by Gasteiger charge is -2.01. The number of nitrogens with two attached hydrogens (primary N) is 2. The van der Waals surface area contributed by atoms with Gasteiger partial charge in [0.2, 0.25) is 0 Å². The summed E-state index contributed by atoms with van der Waals surface area (Å²) in [7, 11) is -4.02. The molecule has 0 aliphatic rings. The van der Waals surface area contributed by atoms with Gasteiger partial charge in [0.15, 0.2) is 0 Å². The largest absolute Gasteiger partial charge is 0.722 e. The third-order valence-electron chi connectivity index (χ3n) is 2.54. The minimum atomic E-state index is -4.02. The number of hydrogen-bond donors (Lipinski definition) is 3. The van der Waals surface area contributed by atoms with Gasteiger partial charge in [-0.2, -0.15) is 8.42 Å². The first kappa shape index (κ1) is 19.1. The van der Waals surface area contributed by atoms with E-state index in [4.69, 9.17) is 16.0 Å². The van der Waals surface area contributed by atoms with E-state index in [1.54, 1.807) is 36.7 Å². The number of hydrogen-bond acceptors (Lipinski definition) is 5. The smallest absolute Gasteiger partial charge is 0.366 e. The van der Waals surface area contributed by atoms with Crippen molar-refractivity contribution in [2.45, 2.75) is 11.8 Å². The van der Waals surface area contributed by atoms with Crippen molar-refractivity contribution in [3.63, 3.8) is 0 Å². The third-order valence-corrected chi connectivity index (χ3v) is 3.40. The summed E-state index contributed by atoms with van der Waals surface area (Å²) < 4.78 is 29.6. The molecule has 0 atom stereocenters. The molecule has 128 valence electrons. The molecular formula is C14H17N5O4S. The van der Waals surface area contributed by atoms with E-state index in [1.165, 1.54) is 18.3 Å². The molecule has 0 fully saturated rings. The van der Waals surface area contributed by atoms with Crippen LogP contribution in [-0.2, 0) is 10.1 Å². The second-order valence-corrected chi connectivity index (χ2v) is 5.94. The predicted molar refractivity (Wildman–Crippen MR) is 89.8 cm³/mol. The Labute approximate surface area is 139 Å². The van der Waals surface area contributed by atoms with Crippen molar-refractivity contribution in [3.05, 3.63) is 65.1 Å². The highest BCUT2D eigenvalue weighted by Gasteiger charge is 2.06. The molecule has 5 N–H and O–H groups in total. The van der Waals surface area contributed by atoms with Crippen LogP contribution in [0.3, 0.4) is 0 Å². The average Bonchev–Trinajstić information content (AvgIpc) is 2.53. The average molecular weight is 351 g/mol. The van der Waals surface area contributed by atoms with Gasteiger partial charge in [0.05, 0.1) is 11.1 Å². The Morgan fingerprint density at radius 2 is 1.92 bits per heavy atom. The summed E-state index contributed by atoms with van der Waals surface area (Å²) >= 11 is 0. The number of nitrogens with zero attached hydrogens (tertiary/aromatic N) is 3. The maximum Gasteiger partial charge on any atom is 0.366 e. The monoisotopic (exact) mass is 351 g/mol. The minimum absolute atomic E-state index is 0.0666. The number of benzene rings is 1. The SMILES string of the molecule is Cc1ccc(S(=O)(=O)O)cc1.NC(N)=[N+]([O-])/N=C/c1cccnc1. The van der Waals surface area contributed by atoms with Crippen molar-refractivity contribution in [1.29, 1.82) is 0 Å². The van der Waals surface area contributed by atoms with Gasteiger partial charge in [0.25, 0.3) is 10.1 Å². The highest BCUT2D eigenvalue weighted by Crippen LogP contribution is 2.08. The molecule has 0 aliphatic carbocycles. The second kappa shape index (κ2) is 8.60. The number of guanidine groups is 1. The molecule has 1 aromatic heterocycles. The lowest BCUT2D eigenvalue weighted by molar-refractivity contribution is -0.463. The van der Waals surface area contributed by atoms with E-state index < -0.39 is 16.1 Å². The van der Waals surface area contributed by atoms with Crippen molar-refractivity contribution < 1.29 is 17.8 Å². The molecule has 1 aromatic carbocycles. The van der Waals surface area contributed by atoms with Gasteiger partial charge >= 0.3 is 5.96 Å². The Balaban J connectivity index is 0.000000243. The lowest BCUT2D eigenvalue weighted by Crippen LogP contribution is -2.30. The number of aromatic nitrogens is 1. The fraction of sp³-hybridized carbons (Fsp3) is 0.0714. The van der Waals surface area contributed by atoms with Gasteiger partial charge in [-0.3, -0.25) is 21.0 Å². The van der Waals surface area contributed by atoms with Gasteiger partial charge in [0.1, 0.15) is 0 Å². The van der Waals surface area contributed by atoms with E-state index in [0.29, 0.717) is 5.56 Å². The normalized spacial score (nSPS) is 10.8. The summed E-state index contributed by atoms with van der Waals surface area (Å²) in [5.41, 5.74) is 11.6. The molecular weight excluding hydrogens is 334 g/mol. The molecule has 0 bridgehead atoms. The molecule has 0 saturated heterocycles. The lowest BCUT2D eigenvalue weighted by atomic mass is 10.2. The van der Waals surface area contributed by atoms with Gasteiger partial charge in [-0.15, -0.1) is 9.95 Å². The molecule has 10 heteroatoms. The summed E-state index contributed by atoms with van der Waals surface area (Å²) in [4.78, 5) is 3.89. The van der Waals surface area contributed by atoms with Crippen LogP contribution in [0.2, 0.25) is 0 Å². The Bertz CT molecular complexity index is 814. The van der Waals surface area contributed by atoms with Crippen LogP contribution in [0.5, 0.6) is 0 Å². The van der Waals surface area contributed by atoms with E-state index in [1.807, 2.05) is 6.92 Å². The fourth-order valence-electron chi connectivity index (χ4n) is 1.35. The maximum absolute atomic E-state index is 10.7. The van der Waals surface area contributed by atoms with Crippen LogP contribution < -0.4 is 11.5 Å². The van der Waals surface area contributed by atoms with Crippen LogP contribution in [0.15, 0.2) is 58.8 Å². The molecule has 9 nitrogen and oxygen atoms in total. The number of hydrazone groups is 1. The van der Waals surface area contributed by atoms with E-state index in [9.17, 15) is 13.6 Å². The molecule has 1 heterocycles. The molecule has 24 heavy (non-hydrogen) atoms. The topological polar surface area (TPSA) is 158 Å². The van der Waals surface area contributed by atoms with Crippen LogP contribution in [0.25, 0.3) is 0 Å². The van der Waals surface area contributed by atoms with Crippen LogP contribution in [0, 0.1) is 12.1 Å². The van der Waals surface area contributed by atoms with Crippen LogP contribution in [0.1, 0.15) is 11.1 Å². The van der Waals surface area contributed by atoms with Crippen LogP contribution >= 0.6 is 0 Å². The highest BCUT2D eigenvalue weighted by molar-refractivity contribution is 7.85. The zero-order chi connectivity index (χ0) is 18.2. The van der Waals surface area contributed by atoms with Gasteiger partial charge < -0.3 is 5.21 Å². The van der Waals surface area contributed by atoms with Crippen molar-refractivity contribution in [2.24, 2.45) is 16.6 Å². The second-order valence-electron chi connectivity index (χ2n) is 4.52. The van der Waals surface area contributed by atoms with Gasteiger partial charge in [-0.25, -0.2) is 0 Å². The molecule has 0 spiro atoms. The summed E-state index contributed by atoms with van der Waals surface area (Å²) in [5, 5.41) is 14.1. The summed E-state index contributed by atoms with van der Waals surface area (Å²) in [6, 6.07) is 9.46. The van der Waals surface area contributed by atoms with Gasteiger partial charge in [-0.05, 0) is 25.1 Å². The minimum Gasteiger partial charge on any atom is -0.722 e. The summed E-state index contributed by atoms with van der Waals surface area (Å²) in [6.45, 7) is 1.84. The van der Waals surface area contributed by atoms with Gasteiger partial charge in [0, 0.05) is 18.0 Å². The zero-order valence-corrected chi connectivity index (χ0v) is 13.6. The third kappa shape index (κ3) is 6.85. The Morgan fingerprint density at radius 3 is 2.38 bits per heavy atom. The fourth-order valence-corrected chi connectivity index (χ4v) is 1.83. The van der Waals surface area contributed by atoms with Crippen molar-refractivity contribution >= 4 is 22.3 Å². The van der Waals surface area contributed by atoms with Crippen molar-refractivity contribution in [2.75, 3.05) is 0 Å². The molecule has 0 amide bonds. The number of pyridine rings is 1. The van der Waals surface area contributed by atoms with Crippen molar-refractivity contribution in [3.8, 4) is 0 Å². The quantitative estimate of drug-likeness (QED) is 0.181. The molecule has 2 rings (SSSR count). The molecule has 0 saturated carbocycles. The van der Waals surface area contributed by atoms with E-state index in [-0.39, 0.29) is 9.74 Å². The molecule has 2 aromatic rings. The van der Waals surface area contributed by atoms with E-state index >= 15 is 0 Å². The maximum atomic E-state index is 10.7. The van der Waals surface area contributed by atoms with Crippen LogP contribution in [-0.4, -0.2) is 35.0 Å². The molecule has 0 unspecified atom stereocenters. The molecule has 0 radical (unpaired) electrons. The van der Waals surface area contributed by atoms with E-state index in [0.717, 1.165) is 5.56 Å². The summed E-state index contributed by atoms with van der Waals surface area (Å²) in [5.74, 6) is -0.403. The first-order valence-electron chi connectivity index (χ1n) is 6.53. The number of rotatable bonds is 3. The summed E-state index contributed by atoms with van der Waals surface area (Å²) in [6.07, 6.45) is 4.50.